The van der Waals surface area contributed by atoms with Crippen LogP contribution in [0.25, 0.3) is 0 Å². The fourth-order valence-electron chi connectivity index (χ4n) is 3.27. The second-order valence-electron chi connectivity index (χ2n) is 7.45. The van der Waals surface area contributed by atoms with Crippen LogP contribution in [0, 0.1) is 0 Å². The Hall–Kier alpha value is -1.36. The minimum atomic E-state index is -0.402. The number of nitrogens with one attached hydrogen (secondary N) is 1. The van der Waals surface area contributed by atoms with Crippen molar-refractivity contribution in [2.75, 3.05) is 38.6 Å². The second kappa shape index (κ2) is 13.5. The second-order valence-corrected chi connectivity index (χ2v) is 10.5. The van der Waals surface area contributed by atoms with Crippen LogP contribution in [0.15, 0.2) is 27.9 Å². The number of esters is 1. The van der Waals surface area contributed by atoms with Crippen LogP contribution in [-0.4, -0.2) is 66.5 Å². The van der Waals surface area contributed by atoms with Gasteiger partial charge in [0.2, 0.25) is 5.91 Å². The number of amides is 1. The molecule has 1 aromatic heterocycles. The zero-order valence-corrected chi connectivity index (χ0v) is 21.5. The Balaban J connectivity index is 1.31. The molecule has 1 aliphatic heterocycles. The first-order valence-corrected chi connectivity index (χ1v) is 13.4. The smallest absolute Gasteiger partial charge is 0.357 e. The van der Waals surface area contributed by atoms with Crippen LogP contribution in [0.5, 0.6) is 0 Å². The third-order valence-electron chi connectivity index (χ3n) is 4.88. The SMILES string of the molecule is CCOC(=O)c1csc(SCCCC(=O)NC[C@H]2CN(Cc3ccc(Cl)c(Cl)c3)CCO2)n1. The summed E-state index contributed by atoms with van der Waals surface area (Å²) >= 11 is 15.0. The molecule has 0 spiro atoms. The van der Waals surface area contributed by atoms with Crippen LogP contribution in [-0.2, 0) is 20.8 Å². The van der Waals surface area contributed by atoms with Crippen molar-refractivity contribution in [1.29, 1.82) is 0 Å². The fourth-order valence-corrected chi connectivity index (χ4v) is 5.40. The van der Waals surface area contributed by atoms with E-state index in [-0.39, 0.29) is 12.0 Å². The number of hydrogen-bond acceptors (Lipinski definition) is 8. The van der Waals surface area contributed by atoms with Crippen LogP contribution < -0.4 is 5.32 Å². The van der Waals surface area contributed by atoms with Gasteiger partial charge in [-0.15, -0.1) is 11.3 Å². The first-order valence-electron chi connectivity index (χ1n) is 10.7. The van der Waals surface area contributed by atoms with Gasteiger partial charge in [-0.3, -0.25) is 9.69 Å². The number of hydrogen-bond donors (Lipinski definition) is 1. The average molecular weight is 533 g/mol. The molecule has 1 N–H and O–H groups in total. The average Bonchev–Trinajstić information content (AvgIpc) is 3.27. The Kier molecular flexibility index (Phi) is 10.7. The summed E-state index contributed by atoms with van der Waals surface area (Å²) in [7, 11) is 0. The van der Waals surface area contributed by atoms with E-state index in [0.29, 0.717) is 41.9 Å². The number of carbonyl (C=O) groups is 2. The van der Waals surface area contributed by atoms with Gasteiger partial charge in [-0.2, -0.15) is 0 Å². The third-order valence-corrected chi connectivity index (χ3v) is 7.73. The molecule has 7 nitrogen and oxygen atoms in total. The number of aromatic nitrogens is 1. The Morgan fingerprint density at radius 3 is 3.00 bits per heavy atom. The molecule has 2 heterocycles. The van der Waals surface area contributed by atoms with E-state index in [9.17, 15) is 9.59 Å². The van der Waals surface area contributed by atoms with Gasteiger partial charge < -0.3 is 14.8 Å². The molecule has 180 valence electrons. The predicted molar refractivity (Wildman–Crippen MR) is 133 cm³/mol. The van der Waals surface area contributed by atoms with Crippen molar-refractivity contribution in [2.24, 2.45) is 0 Å². The molecule has 1 aliphatic rings. The summed E-state index contributed by atoms with van der Waals surface area (Å²) in [5, 5.41) is 5.77. The summed E-state index contributed by atoms with van der Waals surface area (Å²) in [5.41, 5.74) is 1.43. The largest absolute Gasteiger partial charge is 0.461 e. The number of benzene rings is 1. The molecule has 1 amide bonds. The monoisotopic (exact) mass is 531 g/mol. The number of carbonyl (C=O) groups excluding carboxylic acids is 2. The lowest BCUT2D eigenvalue weighted by Gasteiger charge is -2.33. The summed E-state index contributed by atoms with van der Waals surface area (Å²) in [6, 6.07) is 5.67. The zero-order chi connectivity index (χ0) is 23.6. The molecule has 0 radical (unpaired) electrons. The number of ether oxygens (including phenoxy) is 2. The van der Waals surface area contributed by atoms with Gasteiger partial charge in [-0.1, -0.05) is 41.0 Å². The number of nitrogens with zero attached hydrogens (tertiary/aromatic N) is 2. The number of rotatable bonds is 11. The Bertz CT molecular complexity index is 944. The number of morpholine rings is 1. The summed E-state index contributed by atoms with van der Waals surface area (Å²) in [6.07, 6.45) is 1.11. The molecule has 0 bridgehead atoms. The maximum absolute atomic E-state index is 12.2. The molecule has 1 saturated heterocycles. The molecule has 2 aromatic rings. The summed E-state index contributed by atoms with van der Waals surface area (Å²) in [4.78, 5) is 30.4. The molecule has 3 rings (SSSR count). The molecule has 1 atom stereocenters. The number of thioether (sulfide) groups is 1. The van der Waals surface area contributed by atoms with E-state index in [2.05, 4.69) is 15.2 Å². The van der Waals surface area contributed by atoms with E-state index in [4.69, 9.17) is 32.7 Å². The first-order chi connectivity index (χ1) is 15.9. The summed E-state index contributed by atoms with van der Waals surface area (Å²) < 4.78 is 11.6. The highest BCUT2D eigenvalue weighted by atomic mass is 35.5. The molecule has 1 fully saturated rings. The predicted octanol–water partition coefficient (Wildman–Crippen LogP) is 4.52. The van der Waals surface area contributed by atoms with Gasteiger partial charge in [0.05, 0.1) is 29.4 Å². The molecule has 0 unspecified atom stereocenters. The lowest BCUT2D eigenvalue weighted by Crippen LogP contribution is -2.47. The highest BCUT2D eigenvalue weighted by Crippen LogP contribution is 2.25. The number of halogens is 2. The van der Waals surface area contributed by atoms with Crippen molar-refractivity contribution in [3.63, 3.8) is 0 Å². The molecule has 0 aliphatic carbocycles. The zero-order valence-electron chi connectivity index (χ0n) is 18.4. The Morgan fingerprint density at radius 1 is 1.36 bits per heavy atom. The molecule has 11 heteroatoms. The third kappa shape index (κ3) is 8.73. The molecule has 33 heavy (non-hydrogen) atoms. The first kappa shape index (κ1) is 26.2. The van der Waals surface area contributed by atoms with Crippen molar-refractivity contribution in [3.05, 3.63) is 44.9 Å². The fraction of sp³-hybridized carbons (Fsp3) is 0.500. The van der Waals surface area contributed by atoms with Gasteiger partial charge in [0, 0.05) is 43.7 Å². The van der Waals surface area contributed by atoms with E-state index in [1.165, 1.54) is 23.1 Å². The summed E-state index contributed by atoms with van der Waals surface area (Å²) in [6.45, 7) is 5.53. The Labute approximate surface area is 212 Å². The van der Waals surface area contributed by atoms with Gasteiger partial charge in [0.15, 0.2) is 10.0 Å². The quantitative estimate of drug-likeness (QED) is 0.259. The normalized spacial score (nSPS) is 16.5. The topological polar surface area (TPSA) is 80.8 Å². The van der Waals surface area contributed by atoms with Gasteiger partial charge in [0.25, 0.3) is 0 Å². The van der Waals surface area contributed by atoms with Crippen molar-refractivity contribution in [1.82, 2.24) is 15.2 Å². The molecular formula is C22H27Cl2N3O4S2. The minimum absolute atomic E-state index is 0.00663. The molecule has 0 saturated carbocycles. The highest BCUT2D eigenvalue weighted by molar-refractivity contribution is 8.01. The van der Waals surface area contributed by atoms with Crippen molar-refractivity contribution in [3.8, 4) is 0 Å². The van der Waals surface area contributed by atoms with Gasteiger partial charge in [-0.25, -0.2) is 9.78 Å². The van der Waals surface area contributed by atoms with E-state index in [0.717, 1.165) is 41.7 Å². The standard InChI is InChI=1S/C22H27Cl2N3O4S2/c1-2-30-21(29)19-14-33-22(26-19)32-9-3-4-20(28)25-11-16-13-27(7-8-31-16)12-15-5-6-17(23)18(24)10-15/h5-6,10,14,16H,2-4,7-9,11-13H2,1H3,(H,25,28)/t16-/m0/s1. The van der Waals surface area contributed by atoms with E-state index in [1.54, 1.807) is 12.3 Å². The van der Waals surface area contributed by atoms with E-state index < -0.39 is 5.97 Å². The summed E-state index contributed by atoms with van der Waals surface area (Å²) in [5.74, 6) is 0.355. The van der Waals surface area contributed by atoms with Crippen LogP contribution in [0.2, 0.25) is 10.0 Å². The molecular weight excluding hydrogens is 505 g/mol. The van der Waals surface area contributed by atoms with E-state index >= 15 is 0 Å². The van der Waals surface area contributed by atoms with Crippen molar-refractivity contribution in [2.45, 2.75) is 36.8 Å². The molecule has 1 aromatic carbocycles. The van der Waals surface area contributed by atoms with Crippen molar-refractivity contribution >= 4 is 58.2 Å². The van der Waals surface area contributed by atoms with Crippen molar-refractivity contribution < 1.29 is 19.1 Å². The number of thiazole rings is 1. The van der Waals surface area contributed by atoms with Crippen LogP contribution >= 0.6 is 46.3 Å². The maximum atomic E-state index is 12.2. The van der Waals surface area contributed by atoms with Crippen LogP contribution in [0.3, 0.4) is 0 Å². The van der Waals surface area contributed by atoms with Crippen LogP contribution in [0.4, 0.5) is 0 Å². The van der Waals surface area contributed by atoms with Gasteiger partial charge in [-0.05, 0) is 31.0 Å². The highest BCUT2D eigenvalue weighted by Gasteiger charge is 2.21. The van der Waals surface area contributed by atoms with Crippen LogP contribution in [0.1, 0.15) is 35.8 Å². The minimum Gasteiger partial charge on any atom is -0.461 e. The Morgan fingerprint density at radius 2 is 2.21 bits per heavy atom. The maximum Gasteiger partial charge on any atom is 0.357 e. The van der Waals surface area contributed by atoms with E-state index in [1.807, 2.05) is 18.2 Å². The van der Waals surface area contributed by atoms with Gasteiger partial charge >= 0.3 is 5.97 Å². The lowest BCUT2D eigenvalue weighted by atomic mass is 10.2. The lowest BCUT2D eigenvalue weighted by molar-refractivity contribution is -0.122. The van der Waals surface area contributed by atoms with Gasteiger partial charge in [0.1, 0.15) is 0 Å².